The molecule has 1 fully saturated rings. The zero-order valence-electron chi connectivity index (χ0n) is 5.84. The molecule has 0 aromatic rings. The maximum atomic E-state index is 8.88. The average Bonchev–Trinajstić information content (AvgIpc) is 1.60. The fourth-order valence-corrected chi connectivity index (χ4v) is 0.928. The summed E-state index contributed by atoms with van der Waals surface area (Å²) >= 11 is 0. The number of hydrogen-bond acceptors (Lipinski definition) is 2. The molecule has 0 amide bonds. The van der Waals surface area contributed by atoms with E-state index in [1.807, 2.05) is 6.92 Å². The molecule has 0 aromatic carbocycles. The highest BCUT2D eigenvalue weighted by Crippen LogP contribution is 2.16. The highest BCUT2D eigenvalue weighted by atomic mass is 16.5. The van der Waals surface area contributed by atoms with Crippen molar-refractivity contribution in [2.45, 2.75) is 25.9 Å². The molecule has 1 saturated heterocycles. The number of hydrogen-bond donors (Lipinski definition) is 1. The van der Waals surface area contributed by atoms with Crippen molar-refractivity contribution < 1.29 is 9.84 Å². The Hall–Kier alpha value is -0.0800. The van der Waals surface area contributed by atoms with Gasteiger partial charge in [0.05, 0.1) is 19.3 Å². The van der Waals surface area contributed by atoms with Gasteiger partial charge in [-0.1, -0.05) is 0 Å². The normalized spacial score (nSPS) is 23.3. The predicted molar refractivity (Wildman–Crippen MR) is 35.2 cm³/mol. The molecule has 0 bridgehead atoms. The van der Waals surface area contributed by atoms with E-state index in [0.29, 0.717) is 0 Å². The molecule has 0 aromatic heterocycles. The number of aliphatic hydroxyl groups is 1. The van der Waals surface area contributed by atoms with E-state index in [-0.39, 0.29) is 6.10 Å². The van der Waals surface area contributed by atoms with Crippen molar-refractivity contribution in [2.24, 2.45) is 5.92 Å². The SMILES string of the molecule is CC(O)CCC1COC1. The van der Waals surface area contributed by atoms with Crippen LogP contribution in [0.4, 0.5) is 0 Å². The summed E-state index contributed by atoms with van der Waals surface area (Å²) in [6, 6.07) is 0. The largest absolute Gasteiger partial charge is 0.393 e. The van der Waals surface area contributed by atoms with E-state index in [1.54, 1.807) is 0 Å². The Balaban J connectivity index is 1.91. The molecule has 54 valence electrons. The lowest BCUT2D eigenvalue weighted by Crippen LogP contribution is -2.28. The molecule has 2 nitrogen and oxygen atoms in total. The summed E-state index contributed by atoms with van der Waals surface area (Å²) in [7, 11) is 0. The van der Waals surface area contributed by atoms with E-state index in [4.69, 9.17) is 9.84 Å². The summed E-state index contributed by atoms with van der Waals surface area (Å²) < 4.78 is 4.99. The minimum absolute atomic E-state index is 0.134. The molecule has 1 heterocycles. The Kier molecular flexibility index (Phi) is 2.49. The van der Waals surface area contributed by atoms with Crippen LogP contribution >= 0.6 is 0 Å². The molecule has 0 saturated carbocycles. The molecule has 1 N–H and O–H groups in total. The van der Waals surface area contributed by atoms with Gasteiger partial charge in [0, 0.05) is 5.92 Å². The second kappa shape index (κ2) is 3.18. The van der Waals surface area contributed by atoms with Gasteiger partial charge in [0.15, 0.2) is 0 Å². The Morgan fingerprint density at radius 2 is 2.33 bits per heavy atom. The van der Waals surface area contributed by atoms with Crippen molar-refractivity contribution in [3.05, 3.63) is 0 Å². The van der Waals surface area contributed by atoms with Gasteiger partial charge in [0.1, 0.15) is 0 Å². The van der Waals surface area contributed by atoms with E-state index >= 15 is 0 Å². The van der Waals surface area contributed by atoms with Gasteiger partial charge < -0.3 is 9.84 Å². The highest BCUT2D eigenvalue weighted by Gasteiger charge is 2.17. The standard InChI is InChI=1S/C7H14O2/c1-6(8)2-3-7-4-9-5-7/h6-8H,2-5H2,1H3. The van der Waals surface area contributed by atoms with Crippen LogP contribution in [0.1, 0.15) is 19.8 Å². The van der Waals surface area contributed by atoms with Crippen LogP contribution in [0.5, 0.6) is 0 Å². The second-order valence-electron chi connectivity index (χ2n) is 2.83. The first-order valence-corrected chi connectivity index (χ1v) is 3.55. The summed E-state index contributed by atoms with van der Waals surface area (Å²) in [4.78, 5) is 0. The lowest BCUT2D eigenvalue weighted by Gasteiger charge is -2.26. The van der Waals surface area contributed by atoms with Gasteiger partial charge in [-0.3, -0.25) is 0 Å². The van der Waals surface area contributed by atoms with Crippen LogP contribution in [0.25, 0.3) is 0 Å². The molecule has 1 unspecified atom stereocenters. The predicted octanol–water partition coefficient (Wildman–Crippen LogP) is 0.794. The third-order valence-corrected chi connectivity index (χ3v) is 1.70. The van der Waals surface area contributed by atoms with Crippen LogP contribution in [0, 0.1) is 5.92 Å². The molecule has 0 aliphatic carbocycles. The lowest BCUT2D eigenvalue weighted by molar-refractivity contribution is -0.0400. The Morgan fingerprint density at radius 3 is 2.67 bits per heavy atom. The first-order chi connectivity index (χ1) is 4.29. The van der Waals surface area contributed by atoms with Gasteiger partial charge in [-0.15, -0.1) is 0 Å². The van der Waals surface area contributed by atoms with Crippen LogP contribution in [0.15, 0.2) is 0 Å². The number of ether oxygens (including phenoxy) is 1. The Labute approximate surface area is 55.8 Å². The van der Waals surface area contributed by atoms with Crippen LogP contribution in [-0.4, -0.2) is 24.4 Å². The van der Waals surface area contributed by atoms with E-state index < -0.39 is 0 Å². The third-order valence-electron chi connectivity index (χ3n) is 1.70. The second-order valence-corrected chi connectivity index (χ2v) is 2.83. The van der Waals surface area contributed by atoms with Crippen LogP contribution in [0.2, 0.25) is 0 Å². The topological polar surface area (TPSA) is 29.5 Å². The quantitative estimate of drug-likeness (QED) is 0.612. The Bertz CT molecular complexity index is 77.0. The fourth-order valence-electron chi connectivity index (χ4n) is 0.928. The molecule has 0 spiro atoms. The molecule has 1 rings (SSSR count). The van der Waals surface area contributed by atoms with Crippen LogP contribution < -0.4 is 0 Å². The van der Waals surface area contributed by atoms with Gasteiger partial charge in [-0.25, -0.2) is 0 Å². The van der Waals surface area contributed by atoms with E-state index in [0.717, 1.165) is 32.0 Å². The highest BCUT2D eigenvalue weighted by molar-refractivity contribution is 4.66. The minimum atomic E-state index is -0.134. The third kappa shape index (κ3) is 2.33. The molecule has 1 aliphatic heterocycles. The van der Waals surface area contributed by atoms with Crippen molar-refractivity contribution >= 4 is 0 Å². The van der Waals surface area contributed by atoms with E-state index in [9.17, 15) is 0 Å². The summed E-state index contributed by atoms with van der Waals surface area (Å²) in [5.74, 6) is 0.736. The van der Waals surface area contributed by atoms with Gasteiger partial charge in [0.25, 0.3) is 0 Å². The average molecular weight is 130 g/mol. The van der Waals surface area contributed by atoms with E-state index in [2.05, 4.69) is 0 Å². The molecular weight excluding hydrogens is 116 g/mol. The monoisotopic (exact) mass is 130 g/mol. The van der Waals surface area contributed by atoms with E-state index in [1.165, 1.54) is 0 Å². The molecular formula is C7H14O2. The molecule has 0 radical (unpaired) electrons. The summed E-state index contributed by atoms with van der Waals surface area (Å²) in [6.07, 6.45) is 1.91. The first kappa shape index (κ1) is 7.03. The van der Waals surface area contributed by atoms with Crippen molar-refractivity contribution in [3.63, 3.8) is 0 Å². The maximum Gasteiger partial charge on any atom is 0.0516 e. The zero-order valence-corrected chi connectivity index (χ0v) is 5.84. The molecule has 1 aliphatic rings. The van der Waals surface area contributed by atoms with Gasteiger partial charge in [0.2, 0.25) is 0 Å². The summed E-state index contributed by atoms with van der Waals surface area (Å²) in [5, 5.41) is 8.88. The first-order valence-electron chi connectivity index (χ1n) is 3.55. The van der Waals surface area contributed by atoms with Crippen molar-refractivity contribution in [1.29, 1.82) is 0 Å². The molecule has 1 atom stereocenters. The van der Waals surface area contributed by atoms with Crippen molar-refractivity contribution in [3.8, 4) is 0 Å². The van der Waals surface area contributed by atoms with Crippen LogP contribution in [-0.2, 0) is 4.74 Å². The zero-order chi connectivity index (χ0) is 6.69. The number of rotatable bonds is 3. The molecule has 9 heavy (non-hydrogen) atoms. The summed E-state index contributed by atoms with van der Waals surface area (Å²) in [6.45, 7) is 3.65. The summed E-state index contributed by atoms with van der Waals surface area (Å²) in [5.41, 5.74) is 0. The minimum Gasteiger partial charge on any atom is -0.393 e. The number of aliphatic hydroxyl groups excluding tert-OH is 1. The Morgan fingerprint density at radius 1 is 1.67 bits per heavy atom. The van der Waals surface area contributed by atoms with Crippen molar-refractivity contribution in [1.82, 2.24) is 0 Å². The lowest BCUT2D eigenvalue weighted by atomic mass is 10.0. The smallest absolute Gasteiger partial charge is 0.0516 e. The van der Waals surface area contributed by atoms with Gasteiger partial charge in [-0.2, -0.15) is 0 Å². The van der Waals surface area contributed by atoms with Gasteiger partial charge >= 0.3 is 0 Å². The maximum absolute atomic E-state index is 8.88. The fraction of sp³-hybridized carbons (Fsp3) is 1.00. The molecule has 2 heteroatoms. The van der Waals surface area contributed by atoms with Crippen LogP contribution in [0.3, 0.4) is 0 Å². The van der Waals surface area contributed by atoms with Gasteiger partial charge in [-0.05, 0) is 19.8 Å². The van der Waals surface area contributed by atoms with Crippen molar-refractivity contribution in [2.75, 3.05) is 13.2 Å².